The van der Waals surface area contributed by atoms with Crippen LogP contribution in [-0.4, -0.2) is 15.0 Å². The molecule has 0 aliphatic rings. The molecule has 1 heterocycles. The molecule has 3 nitrogen and oxygen atoms in total. The largest absolute Gasteiger partial charge is 0.436 e. The topological polar surface area (TPSA) is 30.7 Å². The van der Waals surface area contributed by atoms with Crippen LogP contribution in [0.2, 0.25) is 5.02 Å². The van der Waals surface area contributed by atoms with E-state index in [1.807, 2.05) is 6.92 Å². The van der Waals surface area contributed by atoms with Crippen molar-refractivity contribution in [3.8, 4) is 5.69 Å². The van der Waals surface area contributed by atoms with Gasteiger partial charge >= 0.3 is 6.18 Å². The summed E-state index contributed by atoms with van der Waals surface area (Å²) in [5.41, 5.74) is 0.338. The molecule has 0 radical (unpaired) electrons. The third-order valence-electron chi connectivity index (χ3n) is 2.45. The minimum Gasteiger partial charge on any atom is -0.220 e. The molecule has 0 unspecified atom stereocenters. The summed E-state index contributed by atoms with van der Waals surface area (Å²) < 4.78 is 38.4. The Morgan fingerprint density at radius 3 is 2.61 bits per heavy atom. The van der Waals surface area contributed by atoms with Gasteiger partial charge in [-0.3, -0.25) is 0 Å². The van der Waals surface area contributed by atoms with Gasteiger partial charge in [0.25, 0.3) is 0 Å². The first-order valence-electron chi connectivity index (χ1n) is 5.20. The fourth-order valence-corrected chi connectivity index (χ4v) is 1.77. The van der Waals surface area contributed by atoms with Gasteiger partial charge in [-0.1, -0.05) is 23.7 Å². The molecule has 2 rings (SSSR count). The second kappa shape index (κ2) is 4.61. The van der Waals surface area contributed by atoms with Crippen LogP contribution in [0.3, 0.4) is 0 Å². The molecule has 0 saturated heterocycles. The fourth-order valence-electron chi connectivity index (χ4n) is 1.57. The average Bonchev–Trinajstić information content (AvgIpc) is 2.77. The third-order valence-corrected chi connectivity index (χ3v) is 2.69. The number of hydrogen-bond acceptors (Lipinski definition) is 2. The molecule has 0 atom stereocenters. The van der Waals surface area contributed by atoms with Crippen molar-refractivity contribution in [3.05, 3.63) is 40.7 Å². The molecule has 18 heavy (non-hydrogen) atoms. The van der Waals surface area contributed by atoms with E-state index in [1.54, 1.807) is 18.2 Å². The minimum absolute atomic E-state index is 0.534. The van der Waals surface area contributed by atoms with E-state index in [0.717, 1.165) is 16.4 Å². The van der Waals surface area contributed by atoms with E-state index in [4.69, 9.17) is 11.6 Å². The van der Waals surface area contributed by atoms with E-state index in [-0.39, 0.29) is 0 Å². The molecule has 0 saturated carbocycles. The summed E-state index contributed by atoms with van der Waals surface area (Å²) in [7, 11) is 0. The van der Waals surface area contributed by atoms with Crippen molar-refractivity contribution < 1.29 is 13.2 Å². The lowest BCUT2D eigenvalue weighted by molar-refractivity contribution is -0.141. The molecule has 0 N–H and O–H groups in total. The number of benzene rings is 1. The van der Waals surface area contributed by atoms with Crippen molar-refractivity contribution in [2.75, 3.05) is 0 Å². The highest BCUT2D eigenvalue weighted by atomic mass is 35.5. The average molecular weight is 276 g/mol. The van der Waals surface area contributed by atoms with Gasteiger partial charge in [-0.2, -0.15) is 13.2 Å². The Bertz CT molecular complexity index is 563. The molecule has 1 aromatic carbocycles. The lowest BCUT2D eigenvalue weighted by Gasteiger charge is -2.07. The predicted molar refractivity (Wildman–Crippen MR) is 60.7 cm³/mol. The maximum absolute atomic E-state index is 12.4. The van der Waals surface area contributed by atoms with Crippen molar-refractivity contribution in [3.63, 3.8) is 0 Å². The van der Waals surface area contributed by atoms with Crippen LogP contribution in [0.25, 0.3) is 5.69 Å². The Labute approximate surface area is 106 Å². The third kappa shape index (κ3) is 2.48. The van der Waals surface area contributed by atoms with E-state index >= 15 is 0 Å². The highest BCUT2D eigenvalue weighted by molar-refractivity contribution is 6.30. The first-order chi connectivity index (χ1) is 8.41. The van der Waals surface area contributed by atoms with Gasteiger partial charge in [0.2, 0.25) is 0 Å². The molecule has 1 aromatic heterocycles. The predicted octanol–water partition coefficient (Wildman–Crippen LogP) is 3.50. The van der Waals surface area contributed by atoms with Crippen LogP contribution in [0.4, 0.5) is 13.2 Å². The van der Waals surface area contributed by atoms with Crippen LogP contribution in [0.15, 0.2) is 24.4 Å². The van der Waals surface area contributed by atoms with Gasteiger partial charge in [0.05, 0.1) is 11.9 Å². The lowest BCUT2D eigenvalue weighted by Crippen LogP contribution is -2.05. The van der Waals surface area contributed by atoms with E-state index in [0.29, 0.717) is 17.1 Å². The van der Waals surface area contributed by atoms with Crippen LogP contribution in [0.5, 0.6) is 0 Å². The zero-order valence-corrected chi connectivity index (χ0v) is 10.1. The number of nitrogens with zero attached hydrogens (tertiary/aromatic N) is 3. The zero-order valence-electron chi connectivity index (χ0n) is 9.37. The van der Waals surface area contributed by atoms with Crippen LogP contribution in [0.1, 0.15) is 18.2 Å². The van der Waals surface area contributed by atoms with Crippen LogP contribution >= 0.6 is 11.6 Å². The van der Waals surface area contributed by atoms with E-state index in [2.05, 4.69) is 10.3 Å². The van der Waals surface area contributed by atoms with Gasteiger partial charge in [0.15, 0.2) is 5.69 Å². The van der Waals surface area contributed by atoms with Crippen LogP contribution < -0.4 is 0 Å². The molecule has 7 heteroatoms. The summed E-state index contributed by atoms with van der Waals surface area (Å²) in [6.45, 7) is 1.89. The molecule has 0 fully saturated rings. The van der Waals surface area contributed by atoms with Crippen LogP contribution in [0, 0.1) is 0 Å². The highest BCUT2D eigenvalue weighted by Gasteiger charge is 2.34. The maximum atomic E-state index is 12.4. The Morgan fingerprint density at radius 1 is 1.33 bits per heavy atom. The molecule has 2 aromatic rings. The number of alkyl halides is 3. The van der Waals surface area contributed by atoms with Crippen molar-refractivity contribution in [2.24, 2.45) is 0 Å². The standard InChI is InChI=1S/C11H9ClF3N3/c1-2-7-5-8(12)3-4-9(7)18-6-10(16-17-18)11(13,14)15/h3-6H,2H2,1H3. The maximum Gasteiger partial charge on any atom is 0.436 e. The summed E-state index contributed by atoms with van der Waals surface area (Å²) >= 11 is 5.84. The molecule has 0 amide bonds. The summed E-state index contributed by atoms with van der Waals surface area (Å²) in [6, 6.07) is 4.92. The van der Waals surface area contributed by atoms with Crippen molar-refractivity contribution >= 4 is 11.6 Å². The fraction of sp³-hybridized carbons (Fsp3) is 0.273. The number of aromatic nitrogens is 3. The Morgan fingerprint density at radius 2 is 2.06 bits per heavy atom. The second-order valence-corrected chi connectivity index (χ2v) is 4.11. The Balaban J connectivity index is 2.46. The van der Waals surface area contributed by atoms with Gasteiger partial charge in [-0.25, -0.2) is 4.68 Å². The Kier molecular flexibility index (Phi) is 3.30. The molecule has 0 aliphatic heterocycles. The quantitative estimate of drug-likeness (QED) is 0.840. The first-order valence-corrected chi connectivity index (χ1v) is 5.58. The summed E-state index contributed by atoms with van der Waals surface area (Å²) in [5.74, 6) is 0. The molecular formula is C11H9ClF3N3. The lowest BCUT2D eigenvalue weighted by atomic mass is 10.1. The van der Waals surface area contributed by atoms with Gasteiger partial charge in [-0.15, -0.1) is 5.10 Å². The highest BCUT2D eigenvalue weighted by Crippen LogP contribution is 2.28. The minimum atomic E-state index is -4.49. The molecular weight excluding hydrogens is 267 g/mol. The van der Waals surface area contributed by atoms with Crippen molar-refractivity contribution in [2.45, 2.75) is 19.5 Å². The number of aryl methyl sites for hydroxylation is 1. The van der Waals surface area contributed by atoms with E-state index < -0.39 is 11.9 Å². The van der Waals surface area contributed by atoms with Crippen LogP contribution in [-0.2, 0) is 12.6 Å². The Hall–Kier alpha value is -1.56. The molecule has 96 valence electrons. The van der Waals surface area contributed by atoms with Gasteiger partial charge in [-0.05, 0) is 30.2 Å². The first kappa shape index (κ1) is 12.9. The van der Waals surface area contributed by atoms with Crippen molar-refractivity contribution in [1.29, 1.82) is 0 Å². The summed E-state index contributed by atoms with van der Waals surface area (Å²) in [6.07, 6.45) is -2.99. The van der Waals surface area contributed by atoms with E-state index in [1.165, 1.54) is 0 Å². The second-order valence-electron chi connectivity index (χ2n) is 3.67. The number of halogens is 4. The SMILES string of the molecule is CCc1cc(Cl)ccc1-n1cc(C(F)(F)F)nn1. The van der Waals surface area contributed by atoms with Gasteiger partial charge in [0.1, 0.15) is 0 Å². The number of hydrogen-bond donors (Lipinski definition) is 0. The summed E-state index contributed by atoms with van der Waals surface area (Å²) in [4.78, 5) is 0. The van der Waals surface area contributed by atoms with Gasteiger partial charge < -0.3 is 0 Å². The molecule has 0 bridgehead atoms. The zero-order chi connectivity index (χ0) is 13.3. The molecule has 0 aliphatic carbocycles. The van der Waals surface area contributed by atoms with Crippen molar-refractivity contribution in [1.82, 2.24) is 15.0 Å². The van der Waals surface area contributed by atoms with E-state index in [9.17, 15) is 13.2 Å². The number of rotatable bonds is 2. The normalized spacial score (nSPS) is 11.8. The smallest absolute Gasteiger partial charge is 0.220 e. The summed E-state index contributed by atoms with van der Waals surface area (Å²) in [5, 5.41) is 7.15. The molecule has 0 spiro atoms. The monoisotopic (exact) mass is 275 g/mol. The van der Waals surface area contributed by atoms with Gasteiger partial charge in [0, 0.05) is 5.02 Å².